The van der Waals surface area contributed by atoms with Crippen LogP contribution in [-0.4, -0.2) is 27.1 Å². The van der Waals surface area contributed by atoms with E-state index in [0.717, 1.165) is 5.01 Å². The molecular formula is C14H15ClN4O3S. The summed E-state index contributed by atoms with van der Waals surface area (Å²) in [4.78, 5) is 31.0. The molecule has 0 aliphatic rings. The van der Waals surface area contributed by atoms with Crippen molar-refractivity contribution in [3.8, 4) is 0 Å². The van der Waals surface area contributed by atoms with Crippen molar-refractivity contribution in [2.75, 3.05) is 10.6 Å². The van der Waals surface area contributed by atoms with Gasteiger partial charge in [-0.3, -0.25) is 10.1 Å². The van der Waals surface area contributed by atoms with E-state index >= 15 is 0 Å². The van der Waals surface area contributed by atoms with Crippen LogP contribution in [0.2, 0.25) is 5.15 Å². The molecule has 0 atom stereocenters. The average Bonchev–Trinajstić information content (AvgIpc) is 2.91. The van der Waals surface area contributed by atoms with E-state index in [4.69, 9.17) is 16.7 Å². The van der Waals surface area contributed by atoms with Crippen molar-refractivity contribution >= 4 is 46.3 Å². The van der Waals surface area contributed by atoms with Gasteiger partial charge in [-0.1, -0.05) is 32.4 Å². The third kappa shape index (κ3) is 4.40. The van der Waals surface area contributed by atoms with Gasteiger partial charge in [-0.2, -0.15) is 0 Å². The van der Waals surface area contributed by atoms with Gasteiger partial charge in [0.15, 0.2) is 5.15 Å². The van der Waals surface area contributed by atoms with Crippen LogP contribution in [0.1, 0.15) is 36.3 Å². The lowest BCUT2D eigenvalue weighted by Crippen LogP contribution is -2.15. The molecule has 2 amide bonds. The highest BCUT2D eigenvalue weighted by Gasteiger charge is 2.20. The lowest BCUT2D eigenvalue weighted by Gasteiger charge is -2.13. The summed E-state index contributed by atoms with van der Waals surface area (Å²) < 4.78 is 0. The third-order valence-electron chi connectivity index (χ3n) is 2.72. The van der Waals surface area contributed by atoms with Gasteiger partial charge >= 0.3 is 6.09 Å². The van der Waals surface area contributed by atoms with Gasteiger partial charge < -0.3 is 10.4 Å². The minimum absolute atomic E-state index is 0.00549. The van der Waals surface area contributed by atoms with Gasteiger partial charge in [-0.25, -0.2) is 14.8 Å². The predicted molar refractivity (Wildman–Crippen MR) is 89.7 cm³/mol. The van der Waals surface area contributed by atoms with Crippen molar-refractivity contribution in [2.24, 2.45) is 0 Å². The zero-order valence-electron chi connectivity index (χ0n) is 12.7. The number of nitrogens with zero attached hydrogens (tertiary/aromatic N) is 2. The highest BCUT2D eigenvalue weighted by atomic mass is 35.5. The number of hydrogen-bond acceptors (Lipinski definition) is 5. The molecule has 0 aliphatic heterocycles. The quantitative estimate of drug-likeness (QED) is 0.726. The summed E-state index contributed by atoms with van der Waals surface area (Å²) in [6.07, 6.45) is 0.0658. The summed E-state index contributed by atoms with van der Waals surface area (Å²) in [5, 5.41) is 16.0. The Balaban J connectivity index is 2.17. The molecule has 122 valence electrons. The maximum atomic E-state index is 12.2. The van der Waals surface area contributed by atoms with Crippen LogP contribution in [0.15, 0.2) is 17.6 Å². The van der Waals surface area contributed by atoms with Crippen molar-refractivity contribution in [1.29, 1.82) is 0 Å². The number of amides is 2. The summed E-state index contributed by atoms with van der Waals surface area (Å²) in [7, 11) is 0. The maximum Gasteiger partial charge on any atom is 0.409 e. The molecule has 2 rings (SSSR count). The molecule has 7 nitrogen and oxygen atoms in total. The Kier molecular flexibility index (Phi) is 4.86. The molecule has 3 N–H and O–H groups in total. The lowest BCUT2D eigenvalue weighted by atomic mass is 9.98. The fourth-order valence-corrected chi connectivity index (χ4v) is 2.68. The molecule has 0 saturated heterocycles. The van der Waals surface area contributed by atoms with Crippen LogP contribution < -0.4 is 10.6 Å². The minimum atomic E-state index is -1.27. The molecule has 0 aromatic carbocycles. The largest absolute Gasteiger partial charge is 0.465 e. The van der Waals surface area contributed by atoms with Gasteiger partial charge in [0.1, 0.15) is 5.69 Å². The molecule has 9 heteroatoms. The first kappa shape index (κ1) is 17.2. The standard InChI is InChI=1S/C14H15ClN4O3S/c1-14(2,3)12-18-9(6-23-12)11(20)17-7-4-8(19-13(21)22)10(15)16-5-7/h4-6,19H,1-3H3,(H,17,20)(H,21,22). The van der Waals surface area contributed by atoms with Crippen LogP contribution in [0, 0.1) is 0 Å². The number of carboxylic acid groups (broad SMARTS) is 1. The number of nitrogens with one attached hydrogen (secondary N) is 2. The normalized spacial score (nSPS) is 11.1. The number of pyridine rings is 1. The van der Waals surface area contributed by atoms with Gasteiger partial charge in [0.05, 0.1) is 22.6 Å². The van der Waals surface area contributed by atoms with E-state index in [0.29, 0.717) is 11.4 Å². The van der Waals surface area contributed by atoms with Crippen molar-refractivity contribution in [3.05, 3.63) is 33.5 Å². The van der Waals surface area contributed by atoms with Crippen molar-refractivity contribution in [1.82, 2.24) is 9.97 Å². The second kappa shape index (κ2) is 6.51. The molecule has 0 spiro atoms. The number of rotatable bonds is 3. The summed E-state index contributed by atoms with van der Waals surface area (Å²) in [6, 6.07) is 1.39. The summed E-state index contributed by atoms with van der Waals surface area (Å²) in [5.41, 5.74) is 0.561. The number of hydrogen-bond donors (Lipinski definition) is 3. The Morgan fingerprint density at radius 2 is 2.00 bits per heavy atom. The molecular weight excluding hydrogens is 340 g/mol. The highest BCUT2D eigenvalue weighted by Crippen LogP contribution is 2.26. The average molecular weight is 355 g/mol. The zero-order chi connectivity index (χ0) is 17.2. The number of carbonyl (C=O) groups excluding carboxylic acids is 1. The first-order valence-corrected chi connectivity index (χ1v) is 7.85. The van der Waals surface area contributed by atoms with Crippen LogP contribution in [0.5, 0.6) is 0 Å². The van der Waals surface area contributed by atoms with Crippen molar-refractivity contribution in [2.45, 2.75) is 26.2 Å². The molecule has 2 aromatic rings. The number of anilines is 2. The van der Waals surface area contributed by atoms with Gasteiger partial charge in [0.2, 0.25) is 0 Å². The Labute approximate surface area is 141 Å². The zero-order valence-corrected chi connectivity index (χ0v) is 14.2. The highest BCUT2D eigenvalue weighted by molar-refractivity contribution is 7.10. The molecule has 0 fully saturated rings. The topological polar surface area (TPSA) is 104 Å². The van der Waals surface area contributed by atoms with E-state index < -0.39 is 12.0 Å². The van der Waals surface area contributed by atoms with E-state index in [1.807, 2.05) is 20.8 Å². The number of thiazole rings is 1. The van der Waals surface area contributed by atoms with Gasteiger partial charge in [-0.05, 0) is 6.07 Å². The van der Waals surface area contributed by atoms with Crippen LogP contribution in [-0.2, 0) is 5.41 Å². The Morgan fingerprint density at radius 1 is 1.30 bits per heavy atom. The Hall–Kier alpha value is -2.19. The monoisotopic (exact) mass is 354 g/mol. The van der Waals surface area contributed by atoms with Gasteiger partial charge in [0.25, 0.3) is 5.91 Å². The SMILES string of the molecule is CC(C)(C)c1nc(C(=O)Nc2cnc(Cl)c(NC(=O)O)c2)cs1. The number of aromatic nitrogens is 2. The Morgan fingerprint density at radius 3 is 2.57 bits per heavy atom. The van der Waals surface area contributed by atoms with E-state index in [9.17, 15) is 9.59 Å². The lowest BCUT2D eigenvalue weighted by molar-refractivity contribution is 0.102. The van der Waals surface area contributed by atoms with Crippen molar-refractivity contribution < 1.29 is 14.7 Å². The number of halogens is 1. The van der Waals surface area contributed by atoms with Crippen LogP contribution in [0.4, 0.5) is 16.2 Å². The fourth-order valence-electron chi connectivity index (χ4n) is 1.64. The van der Waals surface area contributed by atoms with E-state index in [1.165, 1.54) is 23.6 Å². The van der Waals surface area contributed by atoms with E-state index in [2.05, 4.69) is 20.6 Å². The molecule has 0 radical (unpaired) electrons. The molecule has 0 aliphatic carbocycles. The molecule has 2 aromatic heterocycles. The maximum absolute atomic E-state index is 12.2. The Bertz CT molecular complexity index is 755. The van der Waals surface area contributed by atoms with Crippen molar-refractivity contribution in [3.63, 3.8) is 0 Å². The number of carbonyl (C=O) groups is 2. The second-order valence-corrected chi connectivity index (χ2v) is 6.95. The summed E-state index contributed by atoms with van der Waals surface area (Å²) >= 11 is 7.20. The fraction of sp³-hybridized carbons (Fsp3) is 0.286. The van der Waals surface area contributed by atoms with Crippen LogP contribution in [0.25, 0.3) is 0 Å². The summed E-state index contributed by atoms with van der Waals surface area (Å²) in [5.74, 6) is -0.401. The second-order valence-electron chi connectivity index (χ2n) is 5.73. The molecule has 23 heavy (non-hydrogen) atoms. The summed E-state index contributed by atoms with van der Waals surface area (Å²) in [6.45, 7) is 6.04. The molecule has 0 bridgehead atoms. The van der Waals surface area contributed by atoms with Gasteiger partial charge in [-0.15, -0.1) is 11.3 Å². The van der Waals surface area contributed by atoms with E-state index in [1.54, 1.807) is 5.38 Å². The van der Waals surface area contributed by atoms with E-state index in [-0.39, 0.29) is 16.3 Å². The molecule has 2 heterocycles. The smallest absolute Gasteiger partial charge is 0.409 e. The third-order valence-corrected chi connectivity index (χ3v) is 4.29. The molecule has 0 saturated carbocycles. The molecule has 0 unspecified atom stereocenters. The first-order chi connectivity index (χ1) is 10.7. The van der Waals surface area contributed by atoms with Crippen LogP contribution in [0.3, 0.4) is 0 Å². The predicted octanol–water partition coefficient (Wildman–Crippen LogP) is 3.83. The van der Waals surface area contributed by atoms with Crippen LogP contribution >= 0.6 is 22.9 Å². The first-order valence-electron chi connectivity index (χ1n) is 6.59. The van der Waals surface area contributed by atoms with Gasteiger partial charge in [0, 0.05) is 10.8 Å². The minimum Gasteiger partial charge on any atom is -0.465 e.